The molecule has 2 nitrogen and oxygen atoms in total. The Labute approximate surface area is 83.0 Å². The predicted octanol–water partition coefficient (Wildman–Crippen LogP) is 2.36. The monoisotopic (exact) mass is 218 g/mol. The van der Waals surface area contributed by atoms with E-state index < -0.39 is 9.05 Å². The first-order valence-electron chi connectivity index (χ1n) is 3.96. The lowest BCUT2D eigenvalue weighted by Crippen LogP contribution is -2.06. The van der Waals surface area contributed by atoms with Gasteiger partial charge in [-0.25, -0.2) is 8.42 Å². The first-order valence-corrected chi connectivity index (χ1v) is 6.44. The maximum absolute atomic E-state index is 10.8. The molecule has 0 N–H and O–H groups in total. The lowest BCUT2D eigenvalue weighted by atomic mass is 10.0. The normalized spacial score (nSPS) is 14.0. The zero-order valence-corrected chi connectivity index (χ0v) is 8.85. The van der Waals surface area contributed by atoms with Crippen LogP contribution in [0, 0.1) is 0 Å². The van der Waals surface area contributed by atoms with Gasteiger partial charge in [0.05, 0.1) is 5.75 Å². The Morgan fingerprint density at radius 2 is 1.85 bits per heavy atom. The van der Waals surface area contributed by atoms with Crippen molar-refractivity contribution in [1.29, 1.82) is 0 Å². The third-order valence-electron chi connectivity index (χ3n) is 1.82. The minimum absolute atomic E-state index is 0.0153. The molecule has 0 heterocycles. The molecule has 1 unspecified atom stereocenters. The summed E-state index contributed by atoms with van der Waals surface area (Å²) in [6.07, 6.45) is 0. The van der Waals surface area contributed by atoms with Crippen LogP contribution in [-0.4, -0.2) is 14.2 Å². The van der Waals surface area contributed by atoms with Crippen molar-refractivity contribution in [3.05, 3.63) is 35.9 Å². The average Bonchev–Trinajstić information content (AvgIpc) is 2.03. The van der Waals surface area contributed by atoms with Crippen LogP contribution in [0.3, 0.4) is 0 Å². The highest BCUT2D eigenvalue weighted by Gasteiger charge is 2.13. The molecule has 0 aromatic heterocycles. The Bertz CT molecular complexity index is 358. The van der Waals surface area contributed by atoms with Crippen molar-refractivity contribution in [1.82, 2.24) is 0 Å². The molecule has 0 fully saturated rings. The van der Waals surface area contributed by atoms with Crippen molar-refractivity contribution in [3.63, 3.8) is 0 Å². The Morgan fingerprint density at radius 3 is 2.31 bits per heavy atom. The Kier molecular flexibility index (Phi) is 3.33. The second-order valence-electron chi connectivity index (χ2n) is 3.02. The molecule has 72 valence electrons. The van der Waals surface area contributed by atoms with Crippen LogP contribution in [0.5, 0.6) is 0 Å². The van der Waals surface area contributed by atoms with Gasteiger partial charge < -0.3 is 0 Å². The molecular weight excluding hydrogens is 208 g/mol. The van der Waals surface area contributed by atoms with E-state index >= 15 is 0 Å². The minimum Gasteiger partial charge on any atom is -0.212 e. The van der Waals surface area contributed by atoms with Gasteiger partial charge in [-0.15, -0.1) is 0 Å². The van der Waals surface area contributed by atoms with Gasteiger partial charge in [0.25, 0.3) is 0 Å². The van der Waals surface area contributed by atoms with E-state index in [0.29, 0.717) is 0 Å². The van der Waals surface area contributed by atoms with Crippen LogP contribution in [0.2, 0.25) is 0 Å². The lowest BCUT2D eigenvalue weighted by Gasteiger charge is -2.08. The highest BCUT2D eigenvalue weighted by atomic mass is 35.7. The molecule has 0 spiro atoms. The molecule has 0 saturated carbocycles. The predicted molar refractivity (Wildman–Crippen MR) is 54.5 cm³/mol. The minimum atomic E-state index is -3.40. The van der Waals surface area contributed by atoms with Crippen LogP contribution >= 0.6 is 10.7 Å². The van der Waals surface area contributed by atoms with Gasteiger partial charge >= 0.3 is 0 Å². The molecule has 0 bridgehead atoms. The van der Waals surface area contributed by atoms with Gasteiger partial charge in [-0.1, -0.05) is 37.3 Å². The van der Waals surface area contributed by atoms with Crippen LogP contribution in [0.15, 0.2) is 30.3 Å². The summed E-state index contributed by atoms with van der Waals surface area (Å²) in [5, 5.41) is 0. The molecule has 0 saturated heterocycles. The quantitative estimate of drug-likeness (QED) is 0.730. The number of halogens is 1. The first-order chi connectivity index (χ1) is 5.99. The fraction of sp³-hybridized carbons (Fsp3) is 0.333. The summed E-state index contributed by atoms with van der Waals surface area (Å²) in [7, 11) is 1.75. The Morgan fingerprint density at radius 1 is 1.31 bits per heavy atom. The molecule has 0 radical (unpaired) electrons. The summed E-state index contributed by atoms with van der Waals surface area (Å²) in [6.45, 7) is 1.84. The summed E-state index contributed by atoms with van der Waals surface area (Å²) in [5.41, 5.74) is 0.992. The average molecular weight is 219 g/mol. The number of benzene rings is 1. The van der Waals surface area contributed by atoms with Crippen LogP contribution in [0.25, 0.3) is 0 Å². The highest BCUT2D eigenvalue weighted by molar-refractivity contribution is 8.13. The number of hydrogen-bond donors (Lipinski definition) is 0. The third-order valence-corrected chi connectivity index (χ3v) is 3.09. The molecule has 1 aromatic rings. The van der Waals surface area contributed by atoms with Gasteiger partial charge in [-0.05, 0) is 11.5 Å². The van der Waals surface area contributed by atoms with Crippen molar-refractivity contribution in [3.8, 4) is 0 Å². The van der Waals surface area contributed by atoms with E-state index in [0.717, 1.165) is 5.56 Å². The SMILES string of the molecule is CC(CS(=O)(=O)Cl)c1ccccc1. The van der Waals surface area contributed by atoms with E-state index in [4.69, 9.17) is 10.7 Å². The molecule has 4 heteroatoms. The van der Waals surface area contributed by atoms with Crippen molar-refractivity contribution >= 4 is 19.7 Å². The van der Waals surface area contributed by atoms with E-state index in [-0.39, 0.29) is 11.7 Å². The van der Waals surface area contributed by atoms with Gasteiger partial charge in [0.2, 0.25) is 9.05 Å². The second kappa shape index (κ2) is 4.11. The van der Waals surface area contributed by atoms with Gasteiger partial charge in [0, 0.05) is 10.7 Å². The molecule has 0 aliphatic heterocycles. The van der Waals surface area contributed by atoms with Crippen molar-refractivity contribution < 1.29 is 8.42 Å². The fourth-order valence-electron chi connectivity index (χ4n) is 1.18. The summed E-state index contributed by atoms with van der Waals surface area (Å²) in [4.78, 5) is 0. The number of hydrogen-bond acceptors (Lipinski definition) is 2. The second-order valence-corrected chi connectivity index (χ2v) is 5.84. The van der Waals surface area contributed by atoms with Crippen LogP contribution in [0.1, 0.15) is 18.4 Å². The van der Waals surface area contributed by atoms with Crippen molar-refractivity contribution in [2.24, 2.45) is 0 Å². The topological polar surface area (TPSA) is 34.1 Å². The molecule has 13 heavy (non-hydrogen) atoms. The molecule has 0 aliphatic rings. The summed E-state index contributed by atoms with van der Waals surface area (Å²) in [5.74, 6) is -0.0674. The van der Waals surface area contributed by atoms with Crippen LogP contribution < -0.4 is 0 Å². The van der Waals surface area contributed by atoms with Crippen LogP contribution in [0.4, 0.5) is 0 Å². The number of rotatable bonds is 3. The maximum Gasteiger partial charge on any atom is 0.233 e. The largest absolute Gasteiger partial charge is 0.233 e. The Balaban J connectivity index is 2.76. The Hall–Kier alpha value is -0.540. The van der Waals surface area contributed by atoms with E-state index in [1.54, 1.807) is 0 Å². The molecule has 0 amide bonds. The molecular formula is C9H11ClO2S. The van der Waals surface area contributed by atoms with Crippen molar-refractivity contribution in [2.75, 3.05) is 5.75 Å². The van der Waals surface area contributed by atoms with Gasteiger partial charge in [0.1, 0.15) is 0 Å². The van der Waals surface area contributed by atoms with Gasteiger partial charge in [0.15, 0.2) is 0 Å². The standard InChI is InChI=1S/C9H11ClO2S/c1-8(7-13(10,11)12)9-5-3-2-4-6-9/h2-6,8H,7H2,1H3. The van der Waals surface area contributed by atoms with Crippen molar-refractivity contribution in [2.45, 2.75) is 12.8 Å². The maximum atomic E-state index is 10.8. The summed E-state index contributed by atoms with van der Waals surface area (Å²) in [6, 6.07) is 9.45. The molecule has 1 atom stereocenters. The smallest absolute Gasteiger partial charge is 0.212 e. The third kappa shape index (κ3) is 3.79. The van der Waals surface area contributed by atoms with Crippen LogP contribution in [-0.2, 0) is 9.05 Å². The summed E-state index contributed by atoms with van der Waals surface area (Å²) < 4.78 is 21.6. The van der Waals surface area contributed by atoms with Gasteiger partial charge in [-0.2, -0.15) is 0 Å². The molecule has 1 rings (SSSR count). The highest BCUT2D eigenvalue weighted by Crippen LogP contribution is 2.17. The lowest BCUT2D eigenvalue weighted by molar-refractivity contribution is 0.604. The first kappa shape index (κ1) is 10.5. The molecule has 0 aliphatic carbocycles. The molecule has 1 aromatic carbocycles. The summed E-state index contributed by atoms with van der Waals surface area (Å²) >= 11 is 0. The van der Waals surface area contributed by atoms with Gasteiger partial charge in [-0.3, -0.25) is 0 Å². The zero-order chi connectivity index (χ0) is 9.90. The van der Waals surface area contributed by atoms with E-state index in [1.165, 1.54) is 0 Å². The fourth-order valence-corrected chi connectivity index (χ4v) is 2.53. The van der Waals surface area contributed by atoms with E-state index in [1.807, 2.05) is 37.3 Å². The van der Waals surface area contributed by atoms with E-state index in [2.05, 4.69) is 0 Å². The zero-order valence-electron chi connectivity index (χ0n) is 7.27. The van der Waals surface area contributed by atoms with E-state index in [9.17, 15) is 8.42 Å².